The van der Waals surface area contributed by atoms with E-state index in [9.17, 15) is 18.8 Å². The first kappa shape index (κ1) is 21.3. The Kier molecular flexibility index (Phi) is 5.77. The molecule has 1 atom stereocenters. The van der Waals surface area contributed by atoms with Gasteiger partial charge in [-0.15, -0.1) is 0 Å². The van der Waals surface area contributed by atoms with E-state index in [2.05, 4.69) is 11.9 Å². The van der Waals surface area contributed by atoms with Crippen LogP contribution in [0.5, 0.6) is 17.4 Å². The third kappa shape index (κ3) is 4.25. The van der Waals surface area contributed by atoms with Crippen LogP contribution in [0.25, 0.3) is 0 Å². The highest BCUT2D eigenvalue weighted by Gasteiger charge is 2.22. The predicted octanol–water partition coefficient (Wildman–Crippen LogP) is 3.99. The zero-order valence-corrected chi connectivity index (χ0v) is 17.5. The molecular weight excluding hydrogens is 418 g/mol. The van der Waals surface area contributed by atoms with E-state index in [0.29, 0.717) is 18.2 Å². The van der Waals surface area contributed by atoms with E-state index in [1.165, 1.54) is 6.07 Å². The Morgan fingerprint density at radius 2 is 2.00 bits per heavy atom. The van der Waals surface area contributed by atoms with Crippen LogP contribution >= 0.6 is 0 Å². The van der Waals surface area contributed by atoms with Crippen LogP contribution in [0.3, 0.4) is 0 Å². The molecule has 7 nitrogen and oxygen atoms in total. The Labute approximate surface area is 183 Å². The number of halogens is 2. The molecule has 0 bridgehead atoms. The molecule has 2 aromatic carbocycles. The van der Waals surface area contributed by atoms with Crippen molar-refractivity contribution in [3.05, 3.63) is 75.7 Å². The first-order valence-corrected chi connectivity index (χ1v) is 9.99. The first-order valence-electron chi connectivity index (χ1n) is 9.99. The van der Waals surface area contributed by atoms with E-state index in [4.69, 9.17) is 9.47 Å². The summed E-state index contributed by atoms with van der Waals surface area (Å²) in [7, 11) is 1.92. The molecular formula is C23H20F2N4O3. The fraction of sp³-hybridized carbons (Fsp3) is 0.261. The summed E-state index contributed by atoms with van der Waals surface area (Å²) in [4.78, 5) is 18.4. The van der Waals surface area contributed by atoms with Crippen molar-refractivity contribution >= 4 is 5.82 Å². The molecule has 0 N–H and O–H groups in total. The van der Waals surface area contributed by atoms with Crippen LogP contribution in [-0.2, 0) is 13.2 Å². The van der Waals surface area contributed by atoms with Gasteiger partial charge in [-0.2, -0.15) is 10.2 Å². The normalized spacial score (nSPS) is 15.1. The Balaban J connectivity index is 1.51. The van der Waals surface area contributed by atoms with Crippen molar-refractivity contribution < 1.29 is 18.3 Å². The molecule has 0 saturated carbocycles. The molecule has 0 amide bonds. The summed E-state index contributed by atoms with van der Waals surface area (Å²) in [6.07, 6.45) is 0.862. The fourth-order valence-corrected chi connectivity index (χ4v) is 3.45. The molecule has 1 aliphatic heterocycles. The Morgan fingerprint density at radius 1 is 1.19 bits per heavy atom. The van der Waals surface area contributed by atoms with Gasteiger partial charge in [0, 0.05) is 31.8 Å². The maximum atomic E-state index is 13.4. The second-order valence-corrected chi connectivity index (χ2v) is 7.54. The van der Waals surface area contributed by atoms with Gasteiger partial charge >= 0.3 is 5.69 Å². The summed E-state index contributed by atoms with van der Waals surface area (Å²) >= 11 is 0. The molecule has 0 radical (unpaired) electrons. The van der Waals surface area contributed by atoms with Crippen molar-refractivity contribution in [1.29, 1.82) is 5.26 Å². The zero-order valence-electron chi connectivity index (χ0n) is 17.5. The van der Waals surface area contributed by atoms with Crippen molar-refractivity contribution in [3.8, 4) is 23.4 Å². The Morgan fingerprint density at radius 3 is 2.75 bits per heavy atom. The minimum atomic E-state index is -1.04. The number of nitrogens with zero attached hydrogens (tertiary/aromatic N) is 4. The molecule has 1 aliphatic rings. The second-order valence-electron chi connectivity index (χ2n) is 7.54. The van der Waals surface area contributed by atoms with Crippen molar-refractivity contribution in [2.75, 3.05) is 11.9 Å². The summed E-state index contributed by atoms with van der Waals surface area (Å²) < 4.78 is 39.3. The van der Waals surface area contributed by atoms with E-state index in [1.54, 1.807) is 28.8 Å². The van der Waals surface area contributed by atoms with E-state index >= 15 is 0 Å². The van der Waals surface area contributed by atoms with Crippen molar-refractivity contribution in [1.82, 2.24) is 9.55 Å². The quantitative estimate of drug-likeness (QED) is 0.599. The highest BCUT2D eigenvalue weighted by atomic mass is 19.2. The highest BCUT2D eigenvalue weighted by Crippen LogP contribution is 2.28. The molecule has 0 saturated heterocycles. The van der Waals surface area contributed by atoms with E-state index in [0.717, 1.165) is 24.4 Å². The molecule has 3 aromatic rings. The summed E-state index contributed by atoms with van der Waals surface area (Å²) in [5.74, 6) is -0.819. The van der Waals surface area contributed by atoms with E-state index in [-0.39, 0.29) is 35.2 Å². The van der Waals surface area contributed by atoms with Crippen molar-refractivity contribution in [2.45, 2.75) is 32.5 Å². The molecule has 4 rings (SSSR count). The number of ether oxygens (including phenoxy) is 2. The minimum absolute atomic E-state index is 0.0708. The standard InChI is InChI=1S/C23H20F2N4O3/c1-14-7-8-29-22(28(14)2)11-21(27-23(29)30)31-13-15-3-6-20(16(9-15)12-26)32-17-4-5-18(24)19(25)10-17/h3-6,9-11,14H,7-8,13H2,1-2H3/t14-/m0/s1. The molecule has 0 aliphatic carbocycles. The SMILES string of the molecule is C[C@H]1CCn2c(cc(OCc3ccc(Oc4ccc(F)c(F)c4)c(C#N)c3)nc2=O)N1C. The zero-order chi connectivity index (χ0) is 22.8. The van der Waals surface area contributed by atoms with Crippen LogP contribution in [0.4, 0.5) is 14.6 Å². The average molecular weight is 438 g/mol. The van der Waals surface area contributed by atoms with Gasteiger partial charge in [-0.1, -0.05) is 6.07 Å². The summed E-state index contributed by atoms with van der Waals surface area (Å²) in [5, 5.41) is 9.46. The lowest BCUT2D eigenvalue weighted by molar-refractivity contribution is 0.289. The summed E-state index contributed by atoms with van der Waals surface area (Å²) in [5.41, 5.74) is 0.479. The number of fused-ring (bicyclic) bond motifs is 1. The van der Waals surface area contributed by atoms with E-state index in [1.807, 2.05) is 18.0 Å². The largest absolute Gasteiger partial charge is 0.473 e. The fourth-order valence-electron chi connectivity index (χ4n) is 3.45. The van der Waals surface area contributed by atoms with Gasteiger partial charge < -0.3 is 14.4 Å². The minimum Gasteiger partial charge on any atom is -0.473 e. The molecule has 2 heterocycles. The maximum absolute atomic E-state index is 13.4. The van der Waals surface area contributed by atoms with Gasteiger partial charge in [-0.3, -0.25) is 4.57 Å². The van der Waals surface area contributed by atoms with Gasteiger partial charge in [0.2, 0.25) is 5.88 Å². The number of hydrogen-bond acceptors (Lipinski definition) is 6. The third-order valence-corrected chi connectivity index (χ3v) is 5.43. The lowest BCUT2D eigenvalue weighted by Crippen LogP contribution is -2.41. The van der Waals surface area contributed by atoms with Crippen LogP contribution in [0.2, 0.25) is 0 Å². The molecule has 164 valence electrons. The highest BCUT2D eigenvalue weighted by molar-refractivity contribution is 5.48. The lowest BCUT2D eigenvalue weighted by atomic mass is 10.1. The van der Waals surface area contributed by atoms with Crippen LogP contribution in [0.1, 0.15) is 24.5 Å². The summed E-state index contributed by atoms with van der Waals surface area (Å²) in [6.45, 7) is 2.77. The van der Waals surface area contributed by atoms with Gasteiger partial charge in [0.15, 0.2) is 11.6 Å². The van der Waals surface area contributed by atoms with Gasteiger partial charge in [0.05, 0.1) is 5.56 Å². The smallest absolute Gasteiger partial charge is 0.352 e. The maximum Gasteiger partial charge on any atom is 0.352 e. The van der Waals surface area contributed by atoms with Crippen LogP contribution in [0.15, 0.2) is 47.3 Å². The molecule has 0 fully saturated rings. The average Bonchev–Trinajstić information content (AvgIpc) is 2.78. The lowest BCUT2D eigenvalue weighted by Gasteiger charge is -2.34. The number of anilines is 1. The van der Waals surface area contributed by atoms with Crippen molar-refractivity contribution in [3.63, 3.8) is 0 Å². The van der Waals surface area contributed by atoms with Gasteiger partial charge in [-0.25, -0.2) is 13.6 Å². The van der Waals surface area contributed by atoms with Crippen LogP contribution in [-0.4, -0.2) is 22.6 Å². The van der Waals surface area contributed by atoms with Crippen LogP contribution < -0.4 is 20.1 Å². The number of nitriles is 1. The number of rotatable bonds is 5. The second kappa shape index (κ2) is 8.67. The Hall–Kier alpha value is -3.93. The predicted molar refractivity (Wildman–Crippen MR) is 113 cm³/mol. The number of aromatic nitrogens is 2. The monoisotopic (exact) mass is 438 g/mol. The third-order valence-electron chi connectivity index (χ3n) is 5.43. The summed E-state index contributed by atoms with van der Waals surface area (Å²) in [6, 6.07) is 12.0. The number of benzene rings is 2. The molecule has 0 spiro atoms. The molecule has 32 heavy (non-hydrogen) atoms. The molecule has 0 unspecified atom stereocenters. The van der Waals surface area contributed by atoms with Gasteiger partial charge in [-0.05, 0) is 43.2 Å². The first-order chi connectivity index (χ1) is 15.4. The molecule has 9 heteroatoms. The topological polar surface area (TPSA) is 80.4 Å². The number of hydrogen-bond donors (Lipinski definition) is 0. The van der Waals surface area contributed by atoms with E-state index < -0.39 is 11.6 Å². The Bertz CT molecular complexity index is 1270. The van der Waals surface area contributed by atoms with Gasteiger partial charge in [0.25, 0.3) is 0 Å². The van der Waals surface area contributed by atoms with Crippen molar-refractivity contribution in [2.24, 2.45) is 0 Å². The van der Waals surface area contributed by atoms with Crippen LogP contribution in [0, 0.1) is 23.0 Å². The van der Waals surface area contributed by atoms with Gasteiger partial charge in [0.1, 0.15) is 30.0 Å². The molecule has 1 aromatic heterocycles.